The molecule has 1 heterocycles. The lowest BCUT2D eigenvalue weighted by molar-refractivity contribution is 0.104. The summed E-state index contributed by atoms with van der Waals surface area (Å²) in [6, 6.07) is 12.7. The highest BCUT2D eigenvalue weighted by molar-refractivity contribution is 6.04. The molecule has 0 radical (unpaired) electrons. The summed E-state index contributed by atoms with van der Waals surface area (Å²) in [5.74, 6) is 2.22. The van der Waals surface area contributed by atoms with Gasteiger partial charge in [-0.15, -0.1) is 0 Å². The summed E-state index contributed by atoms with van der Waals surface area (Å²) in [4.78, 5) is 12.2. The Morgan fingerprint density at radius 2 is 1.75 bits per heavy atom. The molecule has 0 saturated carbocycles. The molecule has 0 aliphatic carbocycles. The van der Waals surface area contributed by atoms with Crippen molar-refractivity contribution in [1.29, 1.82) is 0 Å². The Morgan fingerprint density at radius 3 is 2.46 bits per heavy atom. The first-order chi connectivity index (χ1) is 11.7. The van der Waals surface area contributed by atoms with Crippen LogP contribution >= 0.6 is 0 Å². The van der Waals surface area contributed by atoms with E-state index in [0.717, 1.165) is 28.4 Å². The lowest BCUT2D eigenvalue weighted by atomic mass is 10.1. The summed E-state index contributed by atoms with van der Waals surface area (Å²) in [6.07, 6.45) is 5.36. The molecule has 0 saturated heterocycles. The van der Waals surface area contributed by atoms with Crippen LogP contribution in [-0.2, 0) is 0 Å². The molecule has 0 atom stereocenters. The third-order valence-electron chi connectivity index (χ3n) is 3.78. The van der Waals surface area contributed by atoms with Gasteiger partial charge in [0.25, 0.3) is 0 Å². The van der Waals surface area contributed by atoms with Gasteiger partial charge in [0.2, 0.25) is 0 Å². The zero-order valence-corrected chi connectivity index (χ0v) is 13.6. The molecule has 0 amide bonds. The molecule has 122 valence electrons. The van der Waals surface area contributed by atoms with Crippen molar-refractivity contribution in [1.82, 2.24) is 0 Å². The van der Waals surface area contributed by atoms with Gasteiger partial charge in [-0.2, -0.15) is 0 Å². The largest absolute Gasteiger partial charge is 0.497 e. The van der Waals surface area contributed by atoms with E-state index < -0.39 is 0 Å². The van der Waals surface area contributed by atoms with Crippen LogP contribution in [0.1, 0.15) is 15.9 Å². The van der Waals surface area contributed by atoms with Crippen molar-refractivity contribution in [3.63, 3.8) is 0 Å². The molecular weight excluding hydrogens is 304 g/mol. The van der Waals surface area contributed by atoms with Crippen molar-refractivity contribution < 1.29 is 19.0 Å². The van der Waals surface area contributed by atoms with Crippen molar-refractivity contribution in [2.75, 3.05) is 20.8 Å². The van der Waals surface area contributed by atoms with Crippen molar-refractivity contribution in [2.45, 2.75) is 0 Å². The van der Waals surface area contributed by atoms with Gasteiger partial charge in [-0.25, -0.2) is 0 Å². The molecule has 2 aromatic carbocycles. The number of methoxy groups -OCH3 is 2. The van der Waals surface area contributed by atoms with E-state index in [1.165, 1.54) is 0 Å². The number of carbonyl (C=O) groups excluding carboxylic acids is 1. The molecule has 1 aliphatic rings. The van der Waals surface area contributed by atoms with Crippen LogP contribution < -0.4 is 14.2 Å². The summed E-state index contributed by atoms with van der Waals surface area (Å²) < 4.78 is 16.0. The number of ketones is 1. The lowest BCUT2D eigenvalue weighted by Gasteiger charge is -2.16. The zero-order chi connectivity index (χ0) is 16.9. The Labute approximate surface area is 141 Å². The number of carbonyl (C=O) groups is 1. The van der Waals surface area contributed by atoms with Gasteiger partial charge in [0.1, 0.15) is 23.9 Å². The number of ether oxygens (including phenoxy) is 3. The number of hydrogen-bond donors (Lipinski definition) is 0. The van der Waals surface area contributed by atoms with Crippen molar-refractivity contribution in [2.24, 2.45) is 0 Å². The van der Waals surface area contributed by atoms with Crippen LogP contribution in [0.4, 0.5) is 0 Å². The van der Waals surface area contributed by atoms with Gasteiger partial charge in [0, 0.05) is 17.2 Å². The molecule has 0 N–H and O–H groups in total. The number of rotatable bonds is 5. The molecule has 0 aromatic heterocycles. The van der Waals surface area contributed by atoms with Crippen LogP contribution in [0.25, 0.3) is 6.08 Å². The van der Waals surface area contributed by atoms with Gasteiger partial charge in [0.15, 0.2) is 5.78 Å². The smallest absolute Gasteiger partial charge is 0.185 e. The van der Waals surface area contributed by atoms with E-state index in [1.54, 1.807) is 50.6 Å². The number of fused-ring (bicyclic) bond motifs is 1. The minimum atomic E-state index is -0.0564. The van der Waals surface area contributed by atoms with Crippen LogP contribution in [0.3, 0.4) is 0 Å². The first-order valence-corrected chi connectivity index (χ1v) is 7.57. The van der Waals surface area contributed by atoms with Crippen molar-refractivity contribution >= 4 is 11.9 Å². The van der Waals surface area contributed by atoms with Gasteiger partial charge in [-0.05, 0) is 54.1 Å². The van der Waals surface area contributed by atoms with Crippen LogP contribution in [0.2, 0.25) is 0 Å². The van der Waals surface area contributed by atoms with E-state index in [2.05, 4.69) is 0 Å². The molecule has 0 bridgehead atoms. The third kappa shape index (κ3) is 3.49. The van der Waals surface area contributed by atoms with Crippen LogP contribution in [-0.4, -0.2) is 26.6 Å². The van der Waals surface area contributed by atoms with Crippen molar-refractivity contribution in [3.05, 3.63) is 71.3 Å². The number of hydrogen-bond acceptors (Lipinski definition) is 4. The predicted molar refractivity (Wildman–Crippen MR) is 92.9 cm³/mol. The molecule has 0 spiro atoms. The predicted octanol–water partition coefficient (Wildman–Crippen LogP) is 3.92. The summed E-state index contributed by atoms with van der Waals surface area (Å²) in [5.41, 5.74) is 2.53. The second-order valence-electron chi connectivity index (χ2n) is 5.34. The molecule has 3 rings (SSSR count). The van der Waals surface area contributed by atoms with E-state index >= 15 is 0 Å². The first-order valence-electron chi connectivity index (χ1n) is 7.57. The maximum absolute atomic E-state index is 12.2. The Hall–Kier alpha value is -3.01. The maximum atomic E-state index is 12.2. The summed E-state index contributed by atoms with van der Waals surface area (Å²) >= 11 is 0. The molecule has 2 aromatic rings. The standard InChI is InChI=1S/C20H18O4/c1-22-17-7-4-15(5-8-17)19(21)10-3-14-11-16-6-9-18(23-2)12-20(16)24-13-14/h3-12H,13H2,1-2H3/b10-3+. The molecule has 0 unspecified atom stereocenters. The SMILES string of the molecule is COc1ccc(C(=O)/C=C/C2=Cc3ccc(OC)cc3OC2)cc1. The van der Waals surface area contributed by atoms with Gasteiger partial charge in [-0.3, -0.25) is 4.79 Å². The van der Waals surface area contributed by atoms with Crippen LogP contribution in [0, 0.1) is 0 Å². The maximum Gasteiger partial charge on any atom is 0.185 e. The van der Waals surface area contributed by atoms with E-state index in [-0.39, 0.29) is 5.78 Å². The molecule has 0 fully saturated rings. The van der Waals surface area contributed by atoms with Crippen LogP contribution in [0.5, 0.6) is 17.2 Å². The highest BCUT2D eigenvalue weighted by Gasteiger charge is 2.11. The second-order valence-corrected chi connectivity index (χ2v) is 5.34. The zero-order valence-electron chi connectivity index (χ0n) is 13.6. The van der Waals surface area contributed by atoms with E-state index in [0.29, 0.717) is 12.2 Å². The third-order valence-corrected chi connectivity index (χ3v) is 3.78. The van der Waals surface area contributed by atoms with Crippen LogP contribution in [0.15, 0.2) is 60.2 Å². The second kappa shape index (κ2) is 7.04. The Bertz CT molecular complexity index is 801. The highest BCUT2D eigenvalue weighted by atomic mass is 16.5. The molecular formula is C20H18O4. The number of allylic oxidation sites excluding steroid dienone is 1. The van der Waals surface area contributed by atoms with Gasteiger partial charge < -0.3 is 14.2 Å². The van der Waals surface area contributed by atoms with E-state index in [4.69, 9.17) is 14.2 Å². The average Bonchev–Trinajstić information content (AvgIpc) is 2.65. The molecule has 1 aliphatic heterocycles. The Balaban J connectivity index is 1.73. The lowest BCUT2D eigenvalue weighted by Crippen LogP contribution is -2.06. The number of benzene rings is 2. The van der Waals surface area contributed by atoms with Crippen molar-refractivity contribution in [3.8, 4) is 17.2 Å². The fraction of sp³-hybridized carbons (Fsp3) is 0.150. The fourth-order valence-electron chi connectivity index (χ4n) is 2.42. The minimum absolute atomic E-state index is 0.0564. The highest BCUT2D eigenvalue weighted by Crippen LogP contribution is 2.30. The van der Waals surface area contributed by atoms with Gasteiger partial charge in [0.05, 0.1) is 14.2 Å². The van der Waals surface area contributed by atoms with Gasteiger partial charge in [-0.1, -0.05) is 6.08 Å². The quantitative estimate of drug-likeness (QED) is 0.618. The summed E-state index contributed by atoms with van der Waals surface area (Å²) in [7, 11) is 3.22. The summed E-state index contributed by atoms with van der Waals surface area (Å²) in [6.45, 7) is 0.423. The first kappa shape index (κ1) is 15.9. The normalized spacial score (nSPS) is 13.0. The molecule has 24 heavy (non-hydrogen) atoms. The molecule has 4 heteroatoms. The summed E-state index contributed by atoms with van der Waals surface area (Å²) in [5, 5.41) is 0. The van der Waals surface area contributed by atoms with E-state index in [1.807, 2.05) is 24.3 Å². The topological polar surface area (TPSA) is 44.8 Å². The van der Waals surface area contributed by atoms with Gasteiger partial charge >= 0.3 is 0 Å². The Morgan fingerprint density at radius 1 is 1.04 bits per heavy atom. The van der Waals surface area contributed by atoms with E-state index in [9.17, 15) is 4.79 Å². The fourth-order valence-corrected chi connectivity index (χ4v) is 2.42. The minimum Gasteiger partial charge on any atom is -0.497 e. The molecule has 4 nitrogen and oxygen atoms in total. The average molecular weight is 322 g/mol. The monoisotopic (exact) mass is 322 g/mol. The Kier molecular flexibility index (Phi) is 4.66.